The lowest BCUT2D eigenvalue weighted by Gasteiger charge is -1.99. The van der Waals surface area contributed by atoms with E-state index in [1.165, 1.54) is 11.3 Å². The van der Waals surface area contributed by atoms with Crippen LogP contribution in [0.1, 0.15) is 9.67 Å². The number of nitrogens with one attached hydrogen (secondary N) is 1. The van der Waals surface area contributed by atoms with Gasteiger partial charge in [0.05, 0.1) is 0 Å². The Morgan fingerprint density at radius 1 is 1.69 bits per heavy atom. The summed E-state index contributed by atoms with van der Waals surface area (Å²) in [5.41, 5.74) is 10.7. The normalized spacial score (nSPS) is 10.0. The van der Waals surface area contributed by atoms with Crippen molar-refractivity contribution in [1.82, 2.24) is 10.3 Å². The highest BCUT2D eigenvalue weighted by Gasteiger charge is 2.13. The number of rotatable bonds is 3. The molecule has 0 saturated carbocycles. The zero-order chi connectivity index (χ0) is 9.84. The molecule has 0 aliphatic rings. The molecule has 0 aromatic carbocycles. The van der Waals surface area contributed by atoms with Crippen molar-refractivity contribution in [2.75, 3.05) is 18.8 Å². The molecule has 0 bridgehead atoms. The number of thiazole rings is 1. The van der Waals surface area contributed by atoms with E-state index < -0.39 is 0 Å². The van der Waals surface area contributed by atoms with Gasteiger partial charge in [0.15, 0.2) is 0 Å². The van der Waals surface area contributed by atoms with Gasteiger partial charge in [0.2, 0.25) is 0 Å². The molecule has 1 aromatic rings. The smallest absolute Gasteiger partial charge is 0.265 e. The first kappa shape index (κ1) is 10.4. The summed E-state index contributed by atoms with van der Waals surface area (Å²) in [7, 11) is 2.40. The van der Waals surface area contributed by atoms with E-state index >= 15 is 0 Å². The molecule has 0 fully saturated rings. The molecule has 0 radical (unpaired) electrons. The molecule has 1 amide bonds. The third-order valence-electron chi connectivity index (χ3n) is 1.31. The van der Waals surface area contributed by atoms with Crippen LogP contribution in [0.15, 0.2) is 0 Å². The highest BCUT2D eigenvalue weighted by Crippen LogP contribution is 2.14. The Hall–Kier alpha value is -0.710. The summed E-state index contributed by atoms with van der Waals surface area (Å²) in [5.74, 6) is 0.0543. The standard InChI is InChI=1S/C6H11N4OPS/c7-1-2-9-5(11)3-4(8)10-6(12)13-3/h1-2,7-8,12H2,(H,9,11). The summed E-state index contributed by atoms with van der Waals surface area (Å²) in [5, 5.41) is 2.62. The second kappa shape index (κ2) is 4.50. The topological polar surface area (TPSA) is 94.0 Å². The van der Waals surface area contributed by atoms with E-state index in [0.29, 0.717) is 22.7 Å². The molecule has 0 aliphatic carbocycles. The van der Waals surface area contributed by atoms with Crippen LogP contribution in [0, 0.1) is 0 Å². The monoisotopic (exact) mass is 218 g/mol. The van der Waals surface area contributed by atoms with Crippen molar-refractivity contribution < 1.29 is 4.79 Å². The summed E-state index contributed by atoms with van der Waals surface area (Å²) in [6.45, 7) is 0.862. The lowest BCUT2D eigenvalue weighted by Crippen LogP contribution is -2.28. The van der Waals surface area contributed by atoms with Gasteiger partial charge in [-0.1, -0.05) is 9.24 Å². The lowest BCUT2D eigenvalue weighted by atomic mass is 10.4. The molecule has 1 rings (SSSR count). The van der Waals surface area contributed by atoms with Crippen molar-refractivity contribution in [3.8, 4) is 0 Å². The minimum Gasteiger partial charge on any atom is -0.382 e. The minimum absolute atomic E-state index is 0.214. The minimum atomic E-state index is -0.214. The molecule has 5 N–H and O–H groups in total. The van der Waals surface area contributed by atoms with Gasteiger partial charge < -0.3 is 16.8 Å². The molecule has 1 unspecified atom stereocenters. The van der Waals surface area contributed by atoms with Crippen LogP contribution in [0.2, 0.25) is 0 Å². The maximum Gasteiger partial charge on any atom is 0.265 e. The van der Waals surface area contributed by atoms with Crippen LogP contribution in [-0.2, 0) is 0 Å². The van der Waals surface area contributed by atoms with Gasteiger partial charge in [0, 0.05) is 13.1 Å². The van der Waals surface area contributed by atoms with Crippen LogP contribution in [0.4, 0.5) is 5.82 Å². The maximum atomic E-state index is 11.4. The fraction of sp³-hybridized carbons (Fsp3) is 0.333. The van der Waals surface area contributed by atoms with Gasteiger partial charge in [0.25, 0.3) is 5.91 Å². The van der Waals surface area contributed by atoms with Crippen LogP contribution < -0.4 is 21.5 Å². The largest absolute Gasteiger partial charge is 0.382 e. The zero-order valence-electron chi connectivity index (χ0n) is 6.91. The number of amides is 1. The summed E-state index contributed by atoms with van der Waals surface area (Å²) in [6, 6.07) is 0. The van der Waals surface area contributed by atoms with E-state index in [-0.39, 0.29) is 11.7 Å². The van der Waals surface area contributed by atoms with Gasteiger partial charge in [0.1, 0.15) is 15.4 Å². The number of hydrogen-bond acceptors (Lipinski definition) is 5. The van der Waals surface area contributed by atoms with Gasteiger partial charge >= 0.3 is 0 Å². The Bertz CT molecular complexity index is 314. The van der Waals surface area contributed by atoms with E-state index in [1.54, 1.807) is 0 Å². The summed E-state index contributed by atoms with van der Waals surface area (Å²) < 4.78 is 0.704. The molecule has 0 saturated heterocycles. The summed E-state index contributed by atoms with van der Waals surface area (Å²) >= 11 is 1.25. The summed E-state index contributed by atoms with van der Waals surface area (Å²) in [6.07, 6.45) is 0. The molecule has 1 atom stereocenters. The van der Waals surface area contributed by atoms with Gasteiger partial charge in [-0.3, -0.25) is 4.79 Å². The zero-order valence-corrected chi connectivity index (χ0v) is 8.88. The number of hydrogen-bond donors (Lipinski definition) is 3. The predicted octanol–water partition coefficient (Wildman–Crippen LogP) is -1.09. The summed E-state index contributed by atoms with van der Waals surface area (Å²) in [4.78, 5) is 15.7. The fourth-order valence-electron chi connectivity index (χ4n) is 0.778. The average Bonchev–Trinajstić information content (AvgIpc) is 2.41. The Morgan fingerprint density at radius 3 is 2.85 bits per heavy atom. The number of carbonyl (C=O) groups excluding carboxylic acids is 1. The first-order chi connectivity index (χ1) is 6.15. The molecule has 7 heteroatoms. The number of nitrogens with two attached hydrogens (primary N) is 2. The van der Waals surface area contributed by atoms with Crippen LogP contribution in [0.3, 0.4) is 0 Å². The van der Waals surface area contributed by atoms with Gasteiger partial charge in [-0.15, -0.1) is 11.3 Å². The van der Waals surface area contributed by atoms with E-state index in [9.17, 15) is 4.79 Å². The Labute approximate surface area is 82.1 Å². The molecule has 72 valence electrons. The molecule has 1 aromatic heterocycles. The van der Waals surface area contributed by atoms with Crippen molar-refractivity contribution in [2.45, 2.75) is 0 Å². The molecule has 0 aliphatic heterocycles. The van der Waals surface area contributed by atoms with Crippen molar-refractivity contribution in [3.63, 3.8) is 0 Å². The Balaban J connectivity index is 2.70. The maximum absolute atomic E-state index is 11.4. The number of nitrogen functional groups attached to an aromatic ring is 1. The lowest BCUT2D eigenvalue weighted by molar-refractivity contribution is 0.0959. The second-order valence-corrected chi connectivity index (χ2v) is 4.31. The Kier molecular flexibility index (Phi) is 3.59. The second-order valence-electron chi connectivity index (χ2n) is 2.31. The number of carbonyl (C=O) groups is 1. The number of nitrogens with zero attached hydrogens (tertiary/aromatic N) is 1. The number of aromatic nitrogens is 1. The molecular weight excluding hydrogens is 207 g/mol. The Morgan fingerprint density at radius 2 is 2.38 bits per heavy atom. The molecular formula is C6H11N4OPS. The molecule has 13 heavy (non-hydrogen) atoms. The van der Waals surface area contributed by atoms with Crippen molar-refractivity contribution in [3.05, 3.63) is 4.88 Å². The SMILES string of the molecule is NCCNC(=O)c1sc(P)nc1N. The first-order valence-corrected chi connectivity index (χ1v) is 5.04. The third kappa shape index (κ3) is 2.62. The van der Waals surface area contributed by atoms with Crippen LogP contribution in [0.5, 0.6) is 0 Å². The fourth-order valence-corrected chi connectivity index (χ4v) is 1.94. The van der Waals surface area contributed by atoms with Gasteiger partial charge in [-0.2, -0.15) is 0 Å². The van der Waals surface area contributed by atoms with Crippen LogP contribution in [-0.4, -0.2) is 24.0 Å². The number of anilines is 1. The predicted molar refractivity (Wildman–Crippen MR) is 57.3 cm³/mol. The van der Waals surface area contributed by atoms with E-state index in [4.69, 9.17) is 11.5 Å². The molecule has 5 nitrogen and oxygen atoms in total. The van der Waals surface area contributed by atoms with Crippen molar-refractivity contribution >= 4 is 37.1 Å². The third-order valence-corrected chi connectivity index (χ3v) is 2.69. The van der Waals surface area contributed by atoms with Crippen LogP contribution >= 0.6 is 20.6 Å². The van der Waals surface area contributed by atoms with Crippen LogP contribution in [0.25, 0.3) is 0 Å². The molecule has 1 heterocycles. The van der Waals surface area contributed by atoms with E-state index in [2.05, 4.69) is 19.5 Å². The van der Waals surface area contributed by atoms with E-state index in [1.807, 2.05) is 0 Å². The van der Waals surface area contributed by atoms with Gasteiger partial charge in [-0.25, -0.2) is 4.98 Å². The highest BCUT2D eigenvalue weighted by molar-refractivity contribution is 7.43. The average molecular weight is 218 g/mol. The van der Waals surface area contributed by atoms with E-state index in [0.717, 1.165) is 0 Å². The highest BCUT2D eigenvalue weighted by atomic mass is 32.1. The van der Waals surface area contributed by atoms with Crippen molar-refractivity contribution in [2.24, 2.45) is 5.73 Å². The molecule has 0 spiro atoms. The first-order valence-electron chi connectivity index (χ1n) is 3.65. The quantitative estimate of drug-likeness (QED) is 0.562. The van der Waals surface area contributed by atoms with Gasteiger partial charge in [-0.05, 0) is 0 Å². The van der Waals surface area contributed by atoms with Crippen molar-refractivity contribution in [1.29, 1.82) is 0 Å².